The third kappa shape index (κ3) is 3.55. The van der Waals surface area contributed by atoms with Crippen molar-refractivity contribution in [3.05, 3.63) is 47.3 Å². The van der Waals surface area contributed by atoms with E-state index in [1.165, 1.54) is 4.31 Å². The van der Waals surface area contributed by atoms with E-state index in [9.17, 15) is 8.42 Å². The SMILES string of the molecule is Cc1n[nH]c(C)c1S(=O)(=O)N(CCCN)Cc1ccccc1. The molecule has 0 amide bonds. The molecular weight excluding hydrogens is 300 g/mol. The quantitative estimate of drug-likeness (QED) is 0.809. The van der Waals surface area contributed by atoms with Crippen molar-refractivity contribution in [1.82, 2.24) is 14.5 Å². The van der Waals surface area contributed by atoms with Crippen molar-refractivity contribution in [2.75, 3.05) is 13.1 Å². The van der Waals surface area contributed by atoms with Crippen LogP contribution in [-0.2, 0) is 16.6 Å². The van der Waals surface area contributed by atoms with Crippen LogP contribution in [0.3, 0.4) is 0 Å². The van der Waals surface area contributed by atoms with Crippen molar-refractivity contribution < 1.29 is 8.42 Å². The third-order valence-corrected chi connectivity index (χ3v) is 5.58. The summed E-state index contributed by atoms with van der Waals surface area (Å²) in [5.41, 5.74) is 7.55. The van der Waals surface area contributed by atoms with Gasteiger partial charge in [0.1, 0.15) is 4.90 Å². The molecule has 22 heavy (non-hydrogen) atoms. The Morgan fingerprint density at radius 3 is 2.45 bits per heavy atom. The number of hydrogen-bond acceptors (Lipinski definition) is 4. The number of hydrogen-bond donors (Lipinski definition) is 2. The van der Waals surface area contributed by atoms with Crippen LogP contribution in [0.1, 0.15) is 23.4 Å². The van der Waals surface area contributed by atoms with Gasteiger partial charge in [-0.25, -0.2) is 8.42 Å². The van der Waals surface area contributed by atoms with Gasteiger partial charge in [0.05, 0.1) is 11.4 Å². The molecule has 0 aliphatic rings. The molecule has 0 saturated heterocycles. The van der Waals surface area contributed by atoms with Crippen LogP contribution < -0.4 is 5.73 Å². The lowest BCUT2D eigenvalue weighted by Gasteiger charge is -2.22. The van der Waals surface area contributed by atoms with Crippen LogP contribution in [0.15, 0.2) is 35.2 Å². The van der Waals surface area contributed by atoms with E-state index in [1.807, 2.05) is 30.3 Å². The Bertz CT molecular complexity index is 691. The molecule has 0 aliphatic heterocycles. The fourth-order valence-corrected chi connectivity index (χ4v) is 4.19. The topological polar surface area (TPSA) is 92.1 Å². The van der Waals surface area contributed by atoms with E-state index in [2.05, 4.69) is 10.2 Å². The number of nitrogens with one attached hydrogen (secondary N) is 1. The molecular formula is C15H22N4O2S. The van der Waals surface area contributed by atoms with E-state index in [0.29, 0.717) is 37.4 Å². The third-order valence-electron chi connectivity index (χ3n) is 3.47. The van der Waals surface area contributed by atoms with E-state index in [1.54, 1.807) is 13.8 Å². The molecule has 0 fully saturated rings. The minimum atomic E-state index is -3.61. The Hall–Kier alpha value is -1.70. The number of H-pyrrole nitrogens is 1. The smallest absolute Gasteiger partial charge is 0.247 e. The van der Waals surface area contributed by atoms with Crippen LogP contribution in [0.25, 0.3) is 0 Å². The van der Waals surface area contributed by atoms with Gasteiger partial charge in [0.2, 0.25) is 10.0 Å². The second-order valence-corrected chi connectivity index (χ2v) is 7.10. The first-order valence-corrected chi connectivity index (χ1v) is 8.66. The average Bonchev–Trinajstić information content (AvgIpc) is 2.84. The summed E-state index contributed by atoms with van der Waals surface area (Å²) in [5, 5.41) is 6.73. The Balaban J connectivity index is 2.36. The number of aromatic nitrogens is 2. The summed E-state index contributed by atoms with van der Waals surface area (Å²) in [5.74, 6) is 0. The van der Waals surface area contributed by atoms with Gasteiger partial charge in [-0.05, 0) is 32.4 Å². The number of aryl methyl sites for hydroxylation is 2. The van der Waals surface area contributed by atoms with Gasteiger partial charge in [0.25, 0.3) is 0 Å². The number of aromatic amines is 1. The number of benzene rings is 1. The van der Waals surface area contributed by atoms with E-state index in [4.69, 9.17) is 5.73 Å². The molecule has 0 aliphatic carbocycles. The van der Waals surface area contributed by atoms with Crippen LogP contribution in [-0.4, -0.2) is 36.0 Å². The molecule has 0 bridgehead atoms. The van der Waals surface area contributed by atoms with Gasteiger partial charge in [-0.15, -0.1) is 0 Å². The fraction of sp³-hybridized carbons (Fsp3) is 0.400. The largest absolute Gasteiger partial charge is 0.330 e. The van der Waals surface area contributed by atoms with Crippen LogP contribution in [0.2, 0.25) is 0 Å². The van der Waals surface area contributed by atoms with Crippen molar-refractivity contribution in [3.63, 3.8) is 0 Å². The van der Waals surface area contributed by atoms with Gasteiger partial charge in [0, 0.05) is 13.1 Å². The Morgan fingerprint density at radius 1 is 1.23 bits per heavy atom. The van der Waals surface area contributed by atoms with Crippen LogP contribution >= 0.6 is 0 Å². The van der Waals surface area contributed by atoms with Crippen LogP contribution in [0.5, 0.6) is 0 Å². The van der Waals surface area contributed by atoms with Gasteiger partial charge in [-0.1, -0.05) is 30.3 Å². The van der Waals surface area contributed by atoms with E-state index >= 15 is 0 Å². The maximum atomic E-state index is 13.0. The van der Waals surface area contributed by atoms with Gasteiger partial charge in [-0.2, -0.15) is 9.40 Å². The fourth-order valence-electron chi connectivity index (χ4n) is 2.39. The van der Waals surface area contributed by atoms with Crippen molar-refractivity contribution in [2.45, 2.75) is 31.7 Å². The molecule has 0 saturated carbocycles. The predicted octanol–water partition coefficient (Wildman–Crippen LogP) is 1.57. The molecule has 120 valence electrons. The van der Waals surface area contributed by atoms with E-state index < -0.39 is 10.0 Å². The molecule has 0 unspecified atom stereocenters. The molecule has 1 heterocycles. The lowest BCUT2D eigenvalue weighted by atomic mass is 10.2. The number of rotatable bonds is 7. The highest BCUT2D eigenvalue weighted by Crippen LogP contribution is 2.23. The summed E-state index contributed by atoms with van der Waals surface area (Å²) in [6, 6.07) is 9.54. The maximum absolute atomic E-state index is 13.0. The molecule has 3 N–H and O–H groups in total. The first-order chi connectivity index (χ1) is 10.5. The summed E-state index contributed by atoms with van der Waals surface area (Å²) < 4.78 is 27.4. The molecule has 0 atom stereocenters. The summed E-state index contributed by atoms with van der Waals surface area (Å²) in [7, 11) is -3.61. The Morgan fingerprint density at radius 2 is 1.91 bits per heavy atom. The molecule has 6 nitrogen and oxygen atoms in total. The van der Waals surface area contributed by atoms with Gasteiger partial charge >= 0.3 is 0 Å². The number of nitrogens with two attached hydrogens (primary N) is 1. The minimum Gasteiger partial charge on any atom is -0.330 e. The highest BCUT2D eigenvalue weighted by Gasteiger charge is 2.29. The second-order valence-electron chi connectivity index (χ2n) is 5.23. The van der Waals surface area contributed by atoms with Crippen molar-refractivity contribution >= 4 is 10.0 Å². The average molecular weight is 322 g/mol. The summed E-state index contributed by atoms with van der Waals surface area (Å²) in [6.07, 6.45) is 0.613. The lowest BCUT2D eigenvalue weighted by molar-refractivity contribution is 0.401. The number of nitrogens with zero attached hydrogens (tertiary/aromatic N) is 2. The standard InChI is InChI=1S/C15H22N4O2S/c1-12-15(13(2)18-17-12)22(20,21)19(10-6-9-16)11-14-7-4-3-5-8-14/h3-5,7-8H,6,9-11,16H2,1-2H3,(H,17,18). The van der Waals surface area contributed by atoms with Crippen LogP contribution in [0.4, 0.5) is 0 Å². The highest BCUT2D eigenvalue weighted by molar-refractivity contribution is 7.89. The molecule has 2 aromatic rings. The summed E-state index contributed by atoms with van der Waals surface area (Å²) in [4.78, 5) is 0.264. The zero-order valence-corrected chi connectivity index (χ0v) is 13.7. The van der Waals surface area contributed by atoms with Gasteiger partial charge in [-0.3, -0.25) is 5.10 Å². The Kier molecular flexibility index (Phi) is 5.33. The van der Waals surface area contributed by atoms with E-state index in [0.717, 1.165) is 5.56 Å². The zero-order valence-electron chi connectivity index (χ0n) is 12.9. The van der Waals surface area contributed by atoms with Gasteiger partial charge < -0.3 is 5.73 Å². The zero-order chi connectivity index (χ0) is 16.2. The molecule has 2 rings (SSSR count). The highest BCUT2D eigenvalue weighted by atomic mass is 32.2. The van der Waals surface area contributed by atoms with Crippen LogP contribution in [0, 0.1) is 13.8 Å². The lowest BCUT2D eigenvalue weighted by Crippen LogP contribution is -2.33. The molecule has 0 spiro atoms. The molecule has 7 heteroatoms. The maximum Gasteiger partial charge on any atom is 0.247 e. The normalized spacial score (nSPS) is 12.0. The minimum absolute atomic E-state index is 0.264. The molecule has 0 radical (unpaired) electrons. The number of sulfonamides is 1. The van der Waals surface area contributed by atoms with Gasteiger partial charge in [0.15, 0.2) is 0 Å². The molecule has 1 aromatic carbocycles. The van der Waals surface area contributed by atoms with Crippen molar-refractivity contribution in [2.24, 2.45) is 5.73 Å². The monoisotopic (exact) mass is 322 g/mol. The van der Waals surface area contributed by atoms with Crippen molar-refractivity contribution in [3.8, 4) is 0 Å². The first kappa shape index (κ1) is 16.7. The van der Waals surface area contributed by atoms with Crippen molar-refractivity contribution in [1.29, 1.82) is 0 Å². The summed E-state index contributed by atoms with van der Waals surface area (Å²) >= 11 is 0. The van der Waals surface area contributed by atoms with E-state index in [-0.39, 0.29) is 4.90 Å². The Labute approximate surface area is 131 Å². The first-order valence-electron chi connectivity index (χ1n) is 7.22. The molecule has 1 aromatic heterocycles. The second kappa shape index (κ2) is 7.04. The predicted molar refractivity (Wildman–Crippen MR) is 85.8 cm³/mol. The summed E-state index contributed by atoms with van der Waals surface area (Å²) in [6.45, 7) is 4.58.